The topological polar surface area (TPSA) is 64.3 Å². The summed E-state index contributed by atoms with van der Waals surface area (Å²) in [6, 6.07) is 10.3. The zero-order valence-corrected chi connectivity index (χ0v) is 17.4. The van der Waals surface area contributed by atoms with E-state index in [2.05, 4.69) is 49.2 Å². The third-order valence-corrected chi connectivity index (χ3v) is 6.78. The Balaban J connectivity index is 1.72. The zero-order valence-electron chi connectivity index (χ0n) is 15.5. The molecule has 5 nitrogen and oxygen atoms in total. The van der Waals surface area contributed by atoms with Crippen molar-refractivity contribution in [2.24, 2.45) is 0 Å². The van der Waals surface area contributed by atoms with Gasteiger partial charge in [0, 0.05) is 23.9 Å². The van der Waals surface area contributed by atoms with E-state index in [0.717, 1.165) is 34.8 Å². The quantitative estimate of drug-likeness (QED) is 0.530. The van der Waals surface area contributed by atoms with Gasteiger partial charge < -0.3 is 15.4 Å². The van der Waals surface area contributed by atoms with Crippen molar-refractivity contribution < 1.29 is 4.74 Å². The monoisotopic (exact) mass is 396 g/mol. The minimum atomic E-state index is -0.100. The molecule has 0 aliphatic carbocycles. The molecule has 3 heterocycles. The van der Waals surface area contributed by atoms with Crippen LogP contribution in [0.25, 0.3) is 10.2 Å². The van der Waals surface area contributed by atoms with Crippen molar-refractivity contribution in [3.05, 3.63) is 46.3 Å². The summed E-state index contributed by atoms with van der Waals surface area (Å²) in [4.78, 5) is 12.4. The summed E-state index contributed by atoms with van der Waals surface area (Å²) < 4.78 is 6.48. The lowest BCUT2D eigenvalue weighted by Crippen LogP contribution is -2.43. The second-order valence-corrected chi connectivity index (χ2v) is 9.13. The summed E-state index contributed by atoms with van der Waals surface area (Å²) in [7, 11) is 10.8. The SMILES string of the molecule is [B]C(P)c1ccccc1CN(C)c1nc(N)nc2cc(C3(C)COC3)sc12. The summed E-state index contributed by atoms with van der Waals surface area (Å²) in [6.45, 7) is 4.40. The van der Waals surface area contributed by atoms with E-state index in [0.29, 0.717) is 12.5 Å². The summed E-state index contributed by atoms with van der Waals surface area (Å²) in [6.07, 6.45) is 0. The maximum absolute atomic E-state index is 6.11. The van der Waals surface area contributed by atoms with Crippen LogP contribution in [0.3, 0.4) is 0 Å². The van der Waals surface area contributed by atoms with E-state index in [1.165, 1.54) is 10.4 Å². The van der Waals surface area contributed by atoms with Gasteiger partial charge >= 0.3 is 0 Å². The van der Waals surface area contributed by atoms with Gasteiger partial charge in [0.15, 0.2) is 5.82 Å². The van der Waals surface area contributed by atoms with Gasteiger partial charge in [-0.15, -0.1) is 20.6 Å². The van der Waals surface area contributed by atoms with Crippen LogP contribution >= 0.6 is 20.6 Å². The fraction of sp³-hybridized carbons (Fsp3) is 0.368. The predicted molar refractivity (Wildman–Crippen MR) is 117 cm³/mol. The number of rotatable bonds is 5. The number of hydrogen-bond acceptors (Lipinski definition) is 6. The Bertz CT molecular complexity index is 989. The molecule has 0 saturated carbocycles. The molecule has 138 valence electrons. The molecular weight excluding hydrogens is 374 g/mol. The molecule has 2 unspecified atom stereocenters. The molecule has 0 amide bonds. The highest BCUT2D eigenvalue weighted by atomic mass is 32.1. The maximum atomic E-state index is 6.11. The number of hydrogen-bond donors (Lipinski definition) is 1. The average molecular weight is 396 g/mol. The van der Waals surface area contributed by atoms with Crippen molar-refractivity contribution in [3.63, 3.8) is 0 Å². The molecule has 1 fully saturated rings. The molecule has 2 radical (unpaired) electrons. The van der Waals surface area contributed by atoms with Gasteiger partial charge in [0.05, 0.1) is 31.3 Å². The number of nitrogens with two attached hydrogens (primary N) is 1. The van der Waals surface area contributed by atoms with E-state index in [4.69, 9.17) is 18.3 Å². The smallest absolute Gasteiger partial charge is 0.222 e. The van der Waals surface area contributed by atoms with Crippen LogP contribution in [0.15, 0.2) is 30.3 Å². The largest absolute Gasteiger partial charge is 0.379 e. The Kier molecular flexibility index (Phi) is 4.87. The minimum Gasteiger partial charge on any atom is -0.379 e. The molecular formula is C19H22BN4OPS. The summed E-state index contributed by atoms with van der Waals surface area (Å²) in [5.74, 6) is 1.14. The average Bonchev–Trinajstić information content (AvgIpc) is 3.03. The molecule has 27 heavy (non-hydrogen) atoms. The zero-order chi connectivity index (χ0) is 19.2. The van der Waals surface area contributed by atoms with Crippen molar-refractivity contribution in [2.45, 2.75) is 24.4 Å². The summed E-state index contributed by atoms with van der Waals surface area (Å²) >= 11 is 1.73. The molecule has 4 rings (SSSR count). The van der Waals surface area contributed by atoms with Gasteiger partial charge in [0.2, 0.25) is 5.95 Å². The molecule has 8 heteroatoms. The molecule has 1 aromatic carbocycles. The lowest BCUT2D eigenvalue weighted by Gasteiger charge is -2.37. The lowest BCUT2D eigenvalue weighted by atomic mass is 9.87. The second kappa shape index (κ2) is 7.04. The van der Waals surface area contributed by atoms with E-state index in [9.17, 15) is 0 Å². The van der Waals surface area contributed by atoms with Gasteiger partial charge in [-0.05, 0) is 22.8 Å². The van der Waals surface area contributed by atoms with Crippen molar-refractivity contribution >= 4 is 50.4 Å². The maximum Gasteiger partial charge on any atom is 0.222 e. The van der Waals surface area contributed by atoms with Crippen molar-refractivity contribution in [2.75, 3.05) is 30.9 Å². The van der Waals surface area contributed by atoms with Gasteiger partial charge in [0.25, 0.3) is 0 Å². The van der Waals surface area contributed by atoms with E-state index in [1.54, 1.807) is 11.3 Å². The van der Waals surface area contributed by atoms with Gasteiger partial charge in [-0.1, -0.05) is 31.2 Å². The van der Waals surface area contributed by atoms with Gasteiger partial charge in [-0.25, -0.2) is 4.98 Å². The fourth-order valence-electron chi connectivity index (χ4n) is 3.37. The first-order chi connectivity index (χ1) is 12.9. The second-order valence-electron chi connectivity index (χ2n) is 7.36. The van der Waals surface area contributed by atoms with E-state index in [1.807, 2.05) is 19.2 Å². The van der Waals surface area contributed by atoms with Crippen LogP contribution in [0.5, 0.6) is 0 Å². The van der Waals surface area contributed by atoms with Crippen LogP contribution in [-0.2, 0) is 16.7 Å². The molecule has 2 aromatic heterocycles. The standard InChI is InChI=1S/C19H22BN4OPS/c1-19(9-25-10-19)14-7-13-15(27-14)17(23-18(21)22-13)24(2)8-11-5-3-4-6-12(11)16(20)26/h3-7,16H,8-10,26H2,1-2H3,(H2,21,22,23). The fourth-order valence-corrected chi connectivity index (χ4v) is 4.95. The number of anilines is 2. The first-order valence-corrected chi connectivity index (χ1v) is 10.3. The molecule has 1 aliphatic heterocycles. The van der Waals surface area contributed by atoms with Crippen molar-refractivity contribution in [1.29, 1.82) is 0 Å². The first-order valence-electron chi connectivity index (χ1n) is 8.83. The summed E-state index contributed by atoms with van der Waals surface area (Å²) in [5, 5.41) is 0. The Labute approximate surface area is 166 Å². The molecule has 1 saturated heterocycles. The third-order valence-electron chi connectivity index (χ3n) is 4.99. The lowest BCUT2D eigenvalue weighted by molar-refractivity contribution is -0.0481. The molecule has 1 aliphatic rings. The highest BCUT2D eigenvalue weighted by Crippen LogP contribution is 2.41. The molecule has 0 bridgehead atoms. The van der Waals surface area contributed by atoms with Gasteiger partial charge in [0.1, 0.15) is 0 Å². The normalized spacial score (nSPS) is 16.9. The summed E-state index contributed by atoms with van der Waals surface area (Å²) in [5.41, 5.74) is 9.15. The van der Waals surface area contributed by atoms with Crippen LogP contribution in [0.4, 0.5) is 11.8 Å². The first kappa shape index (κ1) is 18.7. The predicted octanol–water partition coefficient (Wildman–Crippen LogP) is 3.24. The Morgan fingerprint density at radius 3 is 2.78 bits per heavy atom. The van der Waals surface area contributed by atoms with E-state index in [-0.39, 0.29) is 11.0 Å². The molecule has 2 atom stereocenters. The van der Waals surface area contributed by atoms with Crippen LogP contribution in [0.2, 0.25) is 0 Å². The number of ether oxygens (including phenoxy) is 1. The number of nitrogen functional groups attached to an aromatic ring is 1. The van der Waals surface area contributed by atoms with Crippen molar-refractivity contribution in [3.8, 4) is 0 Å². The van der Waals surface area contributed by atoms with Gasteiger partial charge in [-0.3, -0.25) is 0 Å². The Morgan fingerprint density at radius 1 is 1.37 bits per heavy atom. The highest BCUT2D eigenvalue weighted by Gasteiger charge is 2.37. The Morgan fingerprint density at radius 2 is 2.11 bits per heavy atom. The van der Waals surface area contributed by atoms with E-state index >= 15 is 0 Å². The van der Waals surface area contributed by atoms with Crippen LogP contribution < -0.4 is 10.6 Å². The minimum absolute atomic E-state index is 0.0643. The van der Waals surface area contributed by atoms with Crippen LogP contribution in [-0.4, -0.2) is 38.1 Å². The highest BCUT2D eigenvalue weighted by molar-refractivity contribution is 7.20. The number of nitrogens with zero attached hydrogens (tertiary/aromatic N) is 3. The molecule has 3 aromatic rings. The number of aromatic nitrogens is 2. The van der Waals surface area contributed by atoms with Crippen molar-refractivity contribution in [1.82, 2.24) is 9.97 Å². The number of fused-ring (bicyclic) bond motifs is 1. The third kappa shape index (κ3) is 3.44. The molecule has 2 N–H and O–H groups in total. The number of benzene rings is 1. The Hall–Kier alpha value is -1.69. The number of thiophene rings is 1. The van der Waals surface area contributed by atoms with Gasteiger partial charge in [-0.2, -0.15) is 4.98 Å². The van der Waals surface area contributed by atoms with E-state index < -0.39 is 0 Å². The van der Waals surface area contributed by atoms with Crippen LogP contribution in [0, 0.1) is 0 Å². The van der Waals surface area contributed by atoms with Crippen LogP contribution in [0.1, 0.15) is 28.5 Å². The molecule has 0 spiro atoms.